The molecule has 378 valence electrons. The third kappa shape index (κ3) is 8.26. The van der Waals surface area contributed by atoms with Gasteiger partial charge in [-0.15, -0.1) is 0 Å². The van der Waals surface area contributed by atoms with E-state index in [1.54, 1.807) is 0 Å². The molecule has 2 atom stereocenters. The number of anilines is 5. The number of hydrogen-bond donors (Lipinski definition) is 0. The second kappa shape index (κ2) is 17.9. The normalized spacial score (nSPS) is 17.2. The quantitative estimate of drug-likeness (QED) is 0.141. The van der Waals surface area contributed by atoms with Crippen LogP contribution in [0.15, 0.2) is 206 Å². The van der Waals surface area contributed by atoms with Crippen LogP contribution in [0.4, 0.5) is 28.4 Å². The van der Waals surface area contributed by atoms with E-state index in [1.165, 1.54) is 72.3 Å². The van der Waals surface area contributed by atoms with E-state index in [4.69, 9.17) is 4.74 Å². The van der Waals surface area contributed by atoms with E-state index in [0.717, 1.165) is 39.9 Å². The second-order valence-corrected chi connectivity index (χ2v) is 25.5. The first-order chi connectivity index (χ1) is 35.6. The van der Waals surface area contributed by atoms with Crippen molar-refractivity contribution in [2.45, 2.75) is 124 Å². The predicted octanol–water partition coefficient (Wildman–Crippen LogP) is 19.6. The molecule has 0 fully saturated rings. The summed E-state index contributed by atoms with van der Waals surface area (Å²) in [5.74, 6) is 0.944. The van der Waals surface area contributed by atoms with Gasteiger partial charge in [0.25, 0.3) is 0 Å². The van der Waals surface area contributed by atoms with Crippen LogP contribution in [0.5, 0.6) is 5.75 Å². The van der Waals surface area contributed by atoms with E-state index < -0.39 is 5.41 Å². The molecule has 1 heterocycles. The summed E-state index contributed by atoms with van der Waals surface area (Å²) in [6, 6.07) is 55.8. The largest absolute Gasteiger partial charge is 0.483 e. The van der Waals surface area contributed by atoms with Gasteiger partial charge in [-0.3, -0.25) is 0 Å². The van der Waals surface area contributed by atoms with Crippen LogP contribution in [-0.2, 0) is 21.7 Å². The Morgan fingerprint density at radius 2 is 1.01 bits per heavy atom. The lowest BCUT2D eigenvalue weighted by molar-refractivity contribution is 0.269. The van der Waals surface area contributed by atoms with Crippen molar-refractivity contribution in [2.24, 2.45) is 5.41 Å². The van der Waals surface area contributed by atoms with Crippen LogP contribution in [0, 0.1) is 5.41 Å². The third-order valence-corrected chi connectivity index (χ3v) is 16.6. The number of hydrogen-bond acceptors (Lipinski definition) is 3. The van der Waals surface area contributed by atoms with Gasteiger partial charge in [-0.2, -0.15) is 0 Å². The molecular weight excluding hydrogens is 909 g/mol. The summed E-state index contributed by atoms with van der Waals surface area (Å²) in [6.07, 6.45) is 15.3. The monoisotopic (exact) mass is 983 g/mol. The standard InChI is InChI=1S/C72H74N2O/c1-15-50(35-28-46(2)68(3,4)5)74(53-40-33-49(34-41-53)71(12,13)14)66-65-58-43-42-54(73(51-36-29-47(30-37-51)69(6,7)8)52-38-31-48(32-39-52)70(9,10)11)44-62(58)72(60-25-19-16-22-55(60)56-23-17-20-26-61(56)72)63(65)45-59-57-24-18-21-27-64(57)75-67(59)66/h15-45,57,64H,1H2,2-14H3/b46-28+,50-35+. The van der Waals surface area contributed by atoms with Gasteiger partial charge in [-0.25, -0.2) is 0 Å². The van der Waals surface area contributed by atoms with Crippen LogP contribution in [0.1, 0.15) is 140 Å². The highest BCUT2D eigenvalue weighted by Crippen LogP contribution is 2.68. The Labute approximate surface area is 448 Å². The average Bonchev–Trinajstić information content (AvgIpc) is 4.16. The van der Waals surface area contributed by atoms with E-state index in [0.29, 0.717) is 0 Å². The second-order valence-electron chi connectivity index (χ2n) is 25.5. The predicted molar refractivity (Wildman–Crippen MR) is 319 cm³/mol. The fourth-order valence-corrected chi connectivity index (χ4v) is 12.0. The summed E-state index contributed by atoms with van der Waals surface area (Å²) >= 11 is 0. The third-order valence-electron chi connectivity index (χ3n) is 16.6. The Kier molecular flexibility index (Phi) is 11.9. The van der Waals surface area contributed by atoms with Crippen molar-refractivity contribution in [1.29, 1.82) is 0 Å². The molecule has 7 aromatic rings. The van der Waals surface area contributed by atoms with Gasteiger partial charge in [-0.05, 0) is 157 Å². The molecule has 3 aliphatic carbocycles. The summed E-state index contributed by atoms with van der Waals surface area (Å²) in [7, 11) is 0. The van der Waals surface area contributed by atoms with Crippen molar-refractivity contribution < 1.29 is 4.74 Å². The van der Waals surface area contributed by atoms with Crippen molar-refractivity contribution in [1.82, 2.24) is 0 Å². The average molecular weight is 983 g/mol. The Balaban J connectivity index is 1.26. The topological polar surface area (TPSA) is 15.7 Å². The Bertz CT molecular complexity index is 3410. The van der Waals surface area contributed by atoms with Gasteiger partial charge in [0.2, 0.25) is 0 Å². The smallest absolute Gasteiger partial charge is 0.148 e. The van der Waals surface area contributed by atoms with Crippen LogP contribution in [0.25, 0.3) is 22.3 Å². The molecule has 7 aromatic carbocycles. The van der Waals surface area contributed by atoms with Crippen molar-refractivity contribution >= 4 is 28.4 Å². The molecule has 0 bridgehead atoms. The summed E-state index contributed by atoms with van der Waals surface area (Å²) in [5.41, 5.74) is 22.1. The van der Waals surface area contributed by atoms with Crippen LogP contribution < -0.4 is 14.5 Å². The number of rotatable bonds is 8. The van der Waals surface area contributed by atoms with Crippen molar-refractivity contribution in [3.8, 4) is 28.0 Å². The lowest BCUT2D eigenvalue weighted by Gasteiger charge is -2.34. The van der Waals surface area contributed by atoms with Crippen LogP contribution in [0.3, 0.4) is 0 Å². The molecule has 75 heavy (non-hydrogen) atoms. The van der Waals surface area contributed by atoms with Crippen molar-refractivity contribution in [3.05, 3.63) is 250 Å². The number of fused-ring (bicyclic) bond motifs is 13. The molecule has 0 saturated carbocycles. The SMILES string of the molecule is C=C/C(=C\C=C(/C)C(C)(C)C)N(c1ccc(C(C)(C)C)cc1)c1c2c(cc3c1-c1ccc(N(c4ccc(C(C)(C)C)cc4)c4ccc(C(C)(C)C)cc4)cc1C31c3ccccc3-c3ccccc31)C1C=CC=CC1O2. The highest BCUT2D eigenvalue weighted by molar-refractivity contribution is 6.04. The van der Waals surface area contributed by atoms with E-state index in [1.807, 2.05) is 6.08 Å². The first-order valence-electron chi connectivity index (χ1n) is 27.1. The molecule has 0 N–H and O–H groups in total. The molecule has 11 rings (SSSR count). The van der Waals surface area contributed by atoms with Gasteiger partial charge in [0.1, 0.15) is 11.9 Å². The minimum Gasteiger partial charge on any atom is -0.483 e. The van der Waals surface area contributed by atoms with Gasteiger partial charge < -0.3 is 14.5 Å². The van der Waals surface area contributed by atoms with Crippen molar-refractivity contribution in [3.63, 3.8) is 0 Å². The lowest BCUT2D eigenvalue weighted by Crippen LogP contribution is -2.27. The molecule has 1 spiro atoms. The molecule has 0 saturated heterocycles. The Hall–Kier alpha value is -7.36. The maximum Gasteiger partial charge on any atom is 0.148 e. The molecule has 2 unspecified atom stereocenters. The molecule has 3 nitrogen and oxygen atoms in total. The molecule has 0 amide bonds. The Morgan fingerprint density at radius 3 is 1.52 bits per heavy atom. The maximum atomic E-state index is 7.41. The Morgan fingerprint density at radius 1 is 0.520 bits per heavy atom. The minimum absolute atomic E-state index is 0.0158. The zero-order valence-corrected chi connectivity index (χ0v) is 46.6. The van der Waals surface area contributed by atoms with Crippen molar-refractivity contribution in [2.75, 3.05) is 9.80 Å². The fraction of sp³-hybridized carbons (Fsp3) is 0.278. The van der Waals surface area contributed by atoms with E-state index in [-0.39, 0.29) is 33.7 Å². The summed E-state index contributed by atoms with van der Waals surface area (Å²) < 4.78 is 7.41. The van der Waals surface area contributed by atoms with Gasteiger partial charge in [0.05, 0.1) is 11.1 Å². The summed E-state index contributed by atoms with van der Waals surface area (Å²) in [4.78, 5) is 4.92. The van der Waals surface area contributed by atoms with Crippen LogP contribution in [0.2, 0.25) is 0 Å². The number of allylic oxidation sites excluding steroid dienone is 6. The first-order valence-corrected chi connectivity index (χ1v) is 27.1. The van der Waals surface area contributed by atoms with Gasteiger partial charge >= 0.3 is 0 Å². The molecule has 4 aliphatic rings. The zero-order valence-electron chi connectivity index (χ0n) is 46.6. The van der Waals surface area contributed by atoms with Crippen LogP contribution in [-0.4, -0.2) is 6.10 Å². The highest BCUT2D eigenvalue weighted by Gasteiger charge is 2.55. The molecule has 3 heteroatoms. The molecule has 1 aliphatic heterocycles. The molecular formula is C72H74N2O. The molecule has 0 radical (unpaired) electrons. The first kappa shape index (κ1) is 49.8. The fourth-order valence-electron chi connectivity index (χ4n) is 12.0. The van der Waals surface area contributed by atoms with E-state index >= 15 is 0 Å². The van der Waals surface area contributed by atoms with E-state index in [2.05, 4.69) is 288 Å². The number of benzene rings is 7. The van der Waals surface area contributed by atoms with Gasteiger partial charge in [0, 0.05) is 45.5 Å². The van der Waals surface area contributed by atoms with E-state index in [9.17, 15) is 0 Å². The summed E-state index contributed by atoms with van der Waals surface area (Å²) in [6.45, 7) is 34.2. The van der Waals surface area contributed by atoms with Gasteiger partial charge in [0.15, 0.2) is 0 Å². The summed E-state index contributed by atoms with van der Waals surface area (Å²) in [5, 5.41) is 0. The minimum atomic E-state index is -0.676. The van der Waals surface area contributed by atoms with Crippen LogP contribution >= 0.6 is 0 Å². The number of nitrogens with zero attached hydrogens (tertiary/aromatic N) is 2. The highest BCUT2D eigenvalue weighted by atomic mass is 16.5. The maximum absolute atomic E-state index is 7.41. The zero-order chi connectivity index (χ0) is 53.0. The molecule has 0 aromatic heterocycles. The van der Waals surface area contributed by atoms with Gasteiger partial charge in [-0.1, -0.05) is 211 Å². The number of ether oxygens (including phenoxy) is 1. The lowest BCUT2D eigenvalue weighted by atomic mass is 9.69.